The van der Waals surface area contributed by atoms with Crippen LogP contribution < -0.4 is 10.1 Å². The Bertz CT molecular complexity index is 602. The number of nitrogens with one attached hydrogen (secondary N) is 1. The fraction of sp³-hybridized carbons (Fsp3) is 0.471. The maximum atomic E-state index is 6.21. The lowest BCUT2D eigenvalue weighted by Crippen LogP contribution is -2.13. The van der Waals surface area contributed by atoms with E-state index in [0.29, 0.717) is 5.92 Å². The van der Waals surface area contributed by atoms with E-state index in [0.717, 1.165) is 36.0 Å². The van der Waals surface area contributed by atoms with Crippen molar-refractivity contribution in [3.63, 3.8) is 0 Å². The maximum Gasteiger partial charge on any atom is 0.222 e. The smallest absolute Gasteiger partial charge is 0.222 e. The molecule has 0 saturated carbocycles. The second kappa shape index (κ2) is 6.76. The highest BCUT2D eigenvalue weighted by molar-refractivity contribution is 5.41. The van der Waals surface area contributed by atoms with Crippen LogP contribution in [0.1, 0.15) is 43.5 Å². The first-order valence-corrected chi connectivity index (χ1v) is 7.54. The first-order chi connectivity index (χ1) is 10.0. The van der Waals surface area contributed by atoms with Gasteiger partial charge in [0.2, 0.25) is 5.88 Å². The number of benzene rings is 1. The standard InChI is InChI=1S/C17H25N3O/c1-6-18-11-15-13(4)19-20(5)17(15)21-16-10-8-7-9-14(16)12(2)3/h7-10,12,18H,6,11H2,1-5H3. The van der Waals surface area contributed by atoms with Crippen LogP contribution in [0, 0.1) is 6.92 Å². The molecule has 0 bridgehead atoms. The monoisotopic (exact) mass is 287 g/mol. The Morgan fingerprint density at radius 2 is 2.00 bits per heavy atom. The quantitative estimate of drug-likeness (QED) is 0.879. The molecule has 21 heavy (non-hydrogen) atoms. The number of hydrogen-bond acceptors (Lipinski definition) is 3. The molecular weight excluding hydrogens is 262 g/mol. The van der Waals surface area contributed by atoms with E-state index in [9.17, 15) is 0 Å². The average Bonchev–Trinajstić information content (AvgIpc) is 2.71. The highest BCUT2D eigenvalue weighted by Gasteiger charge is 2.17. The first-order valence-electron chi connectivity index (χ1n) is 7.54. The molecule has 0 aliphatic carbocycles. The minimum absolute atomic E-state index is 0.424. The number of aryl methyl sites for hydroxylation is 2. The summed E-state index contributed by atoms with van der Waals surface area (Å²) < 4.78 is 8.03. The zero-order valence-corrected chi connectivity index (χ0v) is 13.6. The summed E-state index contributed by atoms with van der Waals surface area (Å²) in [6, 6.07) is 8.20. The van der Waals surface area contributed by atoms with Crippen LogP contribution >= 0.6 is 0 Å². The third-order valence-corrected chi connectivity index (χ3v) is 3.59. The van der Waals surface area contributed by atoms with Gasteiger partial charge in [0.15, 0.2) is 0 Å². The molecule has 114 valence electrons. The predicted molar refractivity (Wildman–Crippen MR) is 85.9 cm³/mol. The highest BCUT2D eigenvalue weighted by Crippen LogP contribution is 2.32. The van der Waals surface area contributed by atoms with Crippen LogP contribution in [0.2, 0.25) is 0 Å². The van der Waals surface area contributed by atoms with Gasteiger partial charge < -0.3 is 10.1 Å². The molecule has 1 aromatic carbocycles. The van der Waals surface area contributed by atoms with E-state index in [-0.39, 0.29) is 0 Å². The van der Waals surface area contributed by atoms with Gasteiger partial charge in [0.1, 0.15) is 5.75 Å². The summed E-state index contributed by atoms with van der Waals surface area (Å²) in [5, 5.41) is 7.84. The van der Waals surface area contributed by atoms with Crippen LogP contribution in [0.5, 0.6) is 11.6 Å². The number of nitrogens with zero attached hydrogens (tertiary/aromatic N) is 2. The van der Waals surface area contributed by atoms with E-state index < -0.39 is 0 Å². The van der Waals surface area contributed by atoms with Gasteiger partial charge in [-0.2, -0.15) is 5.10 Å². The SMILES string of the molecule is CCNCc1c(C)nn(C)c1Oc1ccccc1C(C)C. The fourth-order valence-corrected chi connectivity index (χ4v) is 2.42. The Morgan fingerprint density at radius 3 is 2.67 bits per heavy atom. The van der Waals surface area contributed by atoms with Crippen molar-refractivity contribution in [2.75, 3.05) is 6.54 Å². The van der Waals surface area contributed by atoms with Gasteiger partial charge in [0.25, 0.3) is 0 Å². The van der Waals surface area contributed by atoms with E-state index in [2.05, 4.69) is 43.3 Å². The summed E-state index contributed by atoms with van der Waals surface area (Å²) >= 11 is 0. The lowest BCUT2D eigenvalue weighted by Gasteiger charge is -2.15. The molecular formula is C17H25N3O. The van der Waals surface area contributed by atoms with Crippen LogP contribution in [0.25, 0.3) is 0 Å². The molecule has 0 aliphatic rings. The summed E-state index contributed by atoms with van der Waals surface area (Å²) in [5.41, 5.74) is 3.35. The Morgan fingerprint density at radius 1 is 1.29 bits per heavy atom. The van der Waals surface area contributed by atoms with Crippen molar-refractivity contribution in [3.05, 3.63) is 41.1 Å². The number of hydrogen-bond donors (Lipinski definition) is 1. The van der Waals surface area contributed by atoms with Crippen molar-refractivity contribution in [3.8, 4) is 11.6 Å². The van der Waals surface area contributed by atoms with Crippen LogP contribution in [-0.2, 0) is 13.6 Å². The van der Waals surface area contributed by atoms with Crippen molar-refractivity contribution >= 4 is 0 Å². The van der Waals surface area contributed by atoms with Crippen LogP contribution in [0.15, 0.2) is 24.3 Å². The zero-order valence-electron chi connectivity index (χ0n) is 13.6. The second-order valence-electron chi connectivity index (χ2n) is 5.57. The number of ether oxygens (including phenoxy) is 1. The molecule has 0 amide bonds. The minimum Gasteiger partial charge on any atom is -0.439 e. The van der Waals surface area contributed by atoms with Crippen molar-refractivity contribution in [2.24, 2.45) is 7.05 Å². The van der Waals surface area contributed by atoms with Gasteiger partial charge >= 0.3 is 0 Å². The van der Waals surface area contributed by atoms with Crippen molar-refractivity contribution in [1.82, 2.24) is 15.1 Å². The average molecular weight is 287 g/mol. The van der Waals surface area contributed by atoms with E-state index in [4.69, 9.17) is 4.74 Å². The molecule has 0 aliphatic heterocycles. The number of aromatic nitrogens is 2. The molecule has 2 rings (SSSR count). The summed E-state index contributed by atoms with van der Waals surface area (Å²) in [5.74, 6) is 2.16. The van der Waals surface area contributed by atoms with E-state index in [1.807, 2.05) is 30.8 Å². The van der Waals surface area contributed by atoms with E-state index in [1.54, 1.807) is 0 Å². The Hall–Kier alpha value is -1.81. The van der Waals surface area contributed by atoms with Gasteiger partial charge in [0.05, 0.1) is 11.3 Å². The van der Waals surface area contributed by atoms with Gasteiger partial charge in [-0.15, -0.1) is 0 Å². The summed E-state index contributed by atoms with van der Waals surface area (Å²) in [4.78, 5) is 0. The van der Waals surface area contributed by atoms with Gasteiger partial charge in [-0.3, -0.25) is 0 Å². The zero-order chi connectivity index (χ0) is 15.4. The van der Waals surface area contributed by atoms with E-state index >= 15 is 0 Å². The molecule has 0 saturated heterocycles. The first kappa shape index (κ1) is 15.6. The highest BCUT2D eigenvalue weighted by atomic mass is 16.5. The van der Waals surface area contributed by atoms with Crippen LogP contribution in [0.3, 0.4) is 0 Å². The Balaban J connectivity index is 2.35. The summed E-state index contributed by atoms with van der Waals surface area (Å²) in [6.07, 6.45) is 0. The topological polar surface area (TPSA) is 39.1 Å². The van der Waals surface area contributed by atoms with E-state index in [1.165, 1.54) is 5.56 Å². The molecule has 4 nitrogen and oxygen atoms in total. The van der Waals surface area contributed by atoms with Crippen LogP contribution in [-0.4, -0.2) is 16.3 Å². The van der Waals surface area contributed by atoms with Crippen molar-refractivity contribution in [2.45, 2.75) is 40.2 Å². The lowest BCUT2D eigenvalue weighted by atomic mass is 10.0. The van der Waals surface area contributed by atoms with Gasteiger partial charge in [0, 0.05) is 13.6 Å². The van der Waals surface area contributed by atoms with Gasteiger partial charge in [-0.1, -0.05) is 39.0 Å². The van der Waals surface area contributed by atoms with Crippen molar-refractivity contribution < 1.29 is 4.74 Å². The number of para-hydroxylation sites is 1. The molecule has 1 aromatic heterocycles. The molecule has 0 radical (unpaired) electrons. The van der Waals surface area contributed by atoms with Crippen LogP contribution in [0.4, 0.5) is 0 Å². The Kier molecular flexibility index (Phi) is 5.02. The molecule has 0 unspecified atom stereocenters. The Labute approximate surface area is 127 Å². The molecule has 1 heterocycles. The molecule has 0 spiro atoms. The largest absolute Gasteiger partial charge is 0.439 e. The third-order valence-electron chi connectivity index (χ3n) is 3.59. The second-order valence-corrected chi connectivity index (χ2v) is 5.57. The predicted octanol–water partition coefficient (Wildman–Crippen LogP) is 3.75. The normalized spacial score (nSPS) is 11.1. The molecule has 0 fully saturated rings. The summed E-state index contributed by atoms with van der Waals surface area (Å²) in [6.45, 7) is 10.2. The van der Waals surface area contributed by atoms with Gasteiger partial charge in [-0.05, 0) is 31.0 Å². The maximum absolute atomic E-state index is 6.21. The molecule has 2 aromatic rings. The molecule has 1 N–H and O–H groups in total. The summed E-state index contributed by atoms with van der Waals surface area (Å²) in [7, 11) is 1.93. The van der Waals surface area contributed by atoms with Gasteiger partial charge in [-0.25, -0.2) is 4.68 Å². The fourth-order valence-electron chi connectivity index (χ4n) is 2.42. The molecule has 4 heteroatoms. The number of rotatable bonds is 6. The third kappa shape index (κ3) is 3.45. The molecule has 0 atom stereocenters. The minimum atomic E-state index is 0.424. The lowest BCUT2D eigenvalue weighted by molar-refractivity contribution is 0.418. The van der Waals surface area contributed by atoms with Crippen molar-refractivity contribution in [1.29, 1.82) is 0 Å².